The van der Waals surface area contributed by atoms with Gasteiger partial charge in [0.05, 0.1) is 4.92 Å². The van der Waals surface area contributed by atoms with Gasteiger partial charge in [-0.15, -0.1) is 0 Å². The zero-order chi connectivity index (χ0) is 16.7. The summed E-state index contributed by atoms with van der Waals surface area (Å²) in [5, 5.41) is 10.5. The normalized spacial score (nSPS) is 14.8. The highest BCUT2D eigenvalue weighted by Gasteiger charge is 2.65. The maximum atomic E-state index is 12.5. The lowest BCUT2D eigenvalue weighted by molar-refractivity contribution is -0.384. The third-order valence-corrected chi connectivity index (χ3v) is 3.72. The first-order valence-corrected chi connectivity index (χ1v) is 7.57. The summed E-state index contributed by atoms with van der Waals surface area (Å²) in [6, 6.07) is 6.68. The van der Waals surface area contributed by atoms with Crippen LogP contribution < -0.4 is 4.74 Å². The molecule has 0 unspecified atom stereocenters. The van der Waals surface area contributed by atoms with Crippen LogP contribution in [0, 0.1) is 10.1 Å². The van der Waals surface area contributed by atoms with Crippen LogP contribution in [0.5, 0.6) is 11.5 Å². The van der Waals surface area contributed by atoms with Crippen molar-refractivity contribution < 1.29 is 29.1 Å². The van der Waals surface area contributed by atoms with Crippen molar-refractivity contribution in [3.05, 3.63) is 58.6 Å². The molecule has 0 aliphatic carbocycles. The molecule has 2 rings (SSSR count). The lowest BCUT2D eigenvalue weighted by Gasteiger charge is -2.40. The van der Waals surface area contributed by atoms with E-state index < -0.39 is 20.0 Å². The molecule has 0 amide bonds. The number of non-ortho nitro benzene ring substituents is 1. The molecule has 10 heteroatoms. The fraction of sp³-hybridized carbons (Fsp3) is 0. The number of nitrogens with zero attached hydrogens (tertiary/aromatic N) is 1. The van der Waals surface area contributed by atoms with Crippen LogP contribution in [0.1, 0.15) is 0 Å². The van der Waals surface area contributed by atoms with Crippen LogP contribution in [0.2, 0.25) is 0 Å². The average Bonchev–Trinajstić information content (AvgIpc) is 2.37. The maximum Gasteiger partial charge on any atom is 0.310 e. The number of benzene rings is 2. The molecule has 0 saturated heterocycles. The van der Waals surface area contributed by atoms with Crippen LogP contribution in [0.3, 0.4) is 0 Å². The van der Waals surface area contributed by atoms with E-state index in [1.807, 2.05) is 0 Å². The number of hydrogen-bond donors (Lipinski definition) is 0. The number of nitro benzene ring substituents is 1. The third-order valence-electron chi connectivity index (χ3n) is 2.55. The number of nitro groups is 1. The fourth-order valence-electron chi connectivity index (χ4n) is 1.54. The quantitative estimate of drug-likeness (QED) is 0.387. The molecule has 0 heterocycles. The lowest BCUT2D eigenvalue weighted by atomic mass is 10.3. The van der Waals surface area contributed by atoms with E-state index in [1.54, 1.807) is 0 Å². The van der Waals surface area contributed by atoms with Gasteiger partial charge in [0, 0.05) is 12.1 Å². The Balaban J connectivity index is 2.20. The van der Waals surface area contributed by atoms with Gasteiger partial charge in [0.1, 0.15) is 16.4 Å². The van der Waals surface area contributed by atoms with Gasteiger partial charge in [0.2, 0.25) is 0 Å². The van der Waals surface area contributed by atoms with E-state index in [0.717, 1.165) is 24.3 Å². The minimum atomic E-state index is -9.70. The van der Waals surface area contributed by atoms with Crippen LogP contribution in [0.4, 0.5) is 25.1 Å². The van der Waals surface area contributed by atoms with E-state index in [0.29, 0.717) is 0 Å². The van der Waals surface area contributed by atoms with Crippen molar-refractivity contribution in [2.45, 2.75) is 4.90 Å². The van der Waals surface area contributed by atoms with Crippen LogP contribution >= 0.6 is 10.2 Å². The smallest absolute Gasteiger partial charge is 0.310 e. The summed E-state index contributed by atoms with van der Waals surface area (Å²) >= 11 is 0. The van der Waals surface area contributed by atoms with Crippen molar-refractivity contribution in [2.75, 3.05) is 0 Å². The molecule has 2 aromatic rings. The maximum absolute atomic E-state index is 12.5. The largest absolute Gasteiger partial charge is 0.457 e. The molecule has 4 nitrogen and oxygen atoms in total. The van der Waals surface area contributed by atoms with Gasteiger partial charge in [-0.1, -0.05) is 19.4 Å². The van der Waals surface area contributed by atoms with Gasteiger partial charge < -0.3 is 4.74 Å². The molecular formula is C12H8F5NO3S. The van der Waals surface area contributed by atoms with E-state index in [1.165, 1.54) is 12.1 Å². The molecule has 0 spiro atoms. The lowest BCUT2D eigenvalue weighted by Crippen LogP contribution is -2.05. The molecule has 0 atom stereocenters. The van der Waals surface area contributed by atoms with E-state index in [-0.39, 0.29) is 29.3 Å². The van der Waals surface area contributed by atoms with E-state index >= 15 is 0 Å². The molecular weight excluding hydrogens is 333 g/mol. The second kappa shape index (κ2) is 4.32. The molecule has 22 heavy (non-hydrogen) atoms. The SMILES string of the molecule is O=[N+]([O-])c1ccc(Oc2ccc(S(F)(F)(F)(F)F)cc2)cc1. The highest BCUT2D eigenvalue weighted by molar-refractivity contribution is 8.45. The molecule has 0 aliphatic rings. The Morgan fingerprint density at radius 3 is 1.59 bits per heavy atom. The van der Waals surface area contributed by atoms with Gasteiger partial charge in [0.15, 0.2) is 0 Å². The van der Waals surface area contributed by atoms with Gasteiger partial charge in [-0.05, 0) is 36.4 Å². The second-order valence-electron chi connectivity index (χ2n) is 4.29. The summed E-state index contributed by atoms with van der Waals surface area (Å²) < 4.78 is 67.7. The molecule has 120 valence electrons. The summed E-state index contributed by atoms with van der Waals surface area (Å²) in [7, 11) is -9.70. The monoisotopic (exact) mass is 341 g/mol. The van der Waals surface area contributed by atoms with Gasteiger partial charge in [-0.2, -0.15) is 0 Å². The van der Waals surface area contributed by atoms with Crippen LogP contribution in [-0.2, 0) is 0 Å². The highest BCUT2D eigenvalue weighted by atomic mass is 32.5. The summed E-state index contributed by atoms with van der Waals surface area (Å²) in [6.07, 6.45) is 0. The summed E-state index contributed by atoms with van der Waals surface area (Å²) in [5.74, 6) is 0.00476. The Bertz CT molecular complexity index is 714. The zero-order valence-electron chi connectivity index (χ0n) is 10.6. The van der Waals surface area contributed by atoms with E-state index in [2.05, 4.69) is 0 Å². The predicted molar refractivity (Wildman–Crippen MR) is 71.0 cm³/mol. The first kappa shape index (κ1) is 16.0. The fourth-order valence-corrected chi connectivity index (χ4v) is 2.19. The van der Waals surface area contributed by atoms with Crippen molar-refractivity contribution in [1.82, 2.24) is 0 Å². The zero-order valence-corrected chi connectivity index (χ0v) is 11.4. The molecule has 0 aromatic heterocycles. The van der Waals surface area contributed by atoms with Gasteiger partial charge in [-0.3, -0.25) is 10.1 Å². The van der Waals surface area contributed by atoms with Crippen molar-refractivity contribution in [3.8, 4) is 11.5 Å². The molecule has 0 radical (unpaired) electrons. The Morgan fingerprint density at radius 1 is 0.818 bits per heavy atom. The first-order chi connectivity index (χ1) is 9.85. The number of ether oxygens (including phenoxy) is 1. The van der Waals surface area contributed by atoms with Crippen LogP contribution in [-0.4, -0.2) is 4.92 Å². The van der Waals surface area contributed by atoms with Crippen molar-refractivity contribution in [2.24, 2.45) is 0 Å². The molecule has 0 saturated carbocycles. The molecule has 0 bridgehead atoms. The van der Waals surface area contributed by atoms with Crippen LogP contribution in [0.25, 0.3) is 0 Å². The van der Waals surface area contributed by atoms with Crippen LogP contribution in [0.15, 0.2) is 53.4 Å². The van der Waals surface area contributed by atoms with Crippen molar-refractivity contribution in [1.29, 1.82) is 0 Å². The predicted octanol–water partition coefficient (Wildman–Crippen LogP) is 6.04. The molecule has 0 aliphatic heterocycles. The van der Waals surface area contributed by atoms with Crippen molar-refractivity contribution in [3.63, 3.8) is 0 Å². The van der Waals surface area contributed by atoms with Crippen molar-refractivity contribution >= 4 is 15.9 Å². The van der Waals surface area contributed by atoms with E-state index in [9.17, 15) is 29.5 Å². The topological polar surface area (TPSA) is 52.4 Å². The minimum Gasteiger partial charge on any atom is -0.457 e. The first-order valence-electron chi connectivity index (χ1n) is 5.62. The highest BCUT2D eigenvalue weighted by Crippen LogP contribution is 3.02. The van der Waals surface area contributed by atoms with E-state index in [4.69, 9.17) is 4.74 Å². The Kier molecular flexibility index (Phi) is 3.15. The second-order valence-corrected chi connectivity index (χ2v) is 6.70. The number of hydrogen-bond acceptors (Lipinski definition) is 3. The Labute approximate surface area is 121 Å². The summed E-state index contributed by atoms with van der Waals surface area (Å²) in [4.78, 5) is 7.80. The molecule has 2 aromatic carbocycles. The number of rotatable bonds is 4. The molecule has 0 fully saturated rings. The summed E-state index contributed by atoms with van der Waals surface area (Å²) in [5.41, 5.74) is -0.191. The third kappa shape index (κ3) is 3.85. The average molecular weight is 341 g/mol. The minimum absolute atomic E-state index is 0.112. The Morgan fingerprint density at radius 2 is 1.23 bits per heavy atom. The Hall–Kier alpha value is -2.36. The van der Waals surface area contributed by atoms with Gasteiger partial charge >= 0.3 is 10.2 Å². The number of halogens is 5. The van der Waals surface area contributed by atoms with Gasteiger partial charge in [0.25, 0.3) is 5.69 Å². The van der Waals surface area contributed by atoms with Gasteiger partial charge in [-0.25, -0.2) is 0 Å². The standard InChI is InChI=1S/C12H8F5NO3S/c13-22(14,15,16,17)12-7-5-11(6-8-12)21-10-3-1-9(2-4-10)18(19)20/h1-8H. The molecule has 0 N–H and O–H groups in total. The summed E-state index contributed by atoms with van der Waals surface area (Å²) in [6.45, 7) is 0.